The number of ether oxygens (including phenoxy) is 1. The summed E-state index contributed by atoms with van der Waals surface area (Å²) in [6.45, 7) is 5.65. The monoisotopic (exact) mass is 357 g/mol. The second kappa shape index (κ2) is 5.66. The summed E-state index contributed by atoms with van der Waals surface area (Å²) in [6, 6.07) is 15.1. The van der Waals surface area contributed by atoms with Gasteiger partial charge in [0.2, 0.25) is 10.0 Å². The Kier molecular flexibility index (Phi) is 3.79. The van der Waals surface area contributed by atoms with Gasteiger partial charge in [0.15, 0.2) is 0 Å². The van der Waals surface area contributed by atoms with Gasteiger partial charge in [0, 0.05) is 0 Å². The van der Waals surface area contributed by atoms with Gasteiger partial charge in [-0.05, 0) is 56.9 Å². The second-order valence-corrected chi connectivity index (χ2v) is 9.22. The third kappa shape index (κ3) is 2.62. The van der Waals surface area contributed by atoms with E-state index >= 15 is 0 Å². The Balaban J connectivity index is 1.79. The molecule has 2 aromatic carbocycles. The lowest BCUT2D eigenvalue weighted by Gasteiger charge is -2.33. The standard InChI is InChI=1S/C20H23NO3S/c1-14-8-11-16(12-9-14)25(22,23)21-18-13-10-15-6-4-5-7-17(15)19(18)24-20(21,2)3/h4-9,11-12,18-19H,10,13H2,1-3H3/t18-,19+/m1/s1. The average Bonchev–Trinajstić information content (AvgIpc) is 2.86. The Bertz CT molecular complexity index is 903. The molecule has 0 amide bonds. The number of hydrogen-bond donors (Lipinski definition) is 0. The second-order valence-electron chi connectivity index (χ2n) is 7.40. The minimum absolute atomic E-state index is 0.170. The van der Waals surface area contributed by atoms with Gasteiger partial charge in [0.05, 0.1) is 10.9 Å². The van der Waals surface area contributed by atoms with Crippen LogP contribution in [-0.2, 0) is 21.2 Å². The number of hydrogen-bond acceptors (Lipinski definition) is 3. The molecule has 0 bridgehead atoms. The van der Waals surface area contributed by atoms with Gasteiger partial charge in [0.1, 0.15) is 11.8 Å². The fourth-order valence-electron chi connectivity index (χ4n) is 4.14. The largest absolute Gasteiger partial charge is 0.350 e. The third-order valence-corrected chi connectivity index (χ3v) is 7.34. The van der Waals surface area contributed by atoms with Crippen LogP contribution in [0.25, 0.3) is 0 Å². The summed E-state index contributed by atoms with van der Waals surface area (Å²) in [5.41, 5.74) is 2.54. The van der Waals surface area contributed by atoms with Crippen LogP contribution in [0.2, 0.25) is 0 Å². The molecule has 0 spiro atoms. The van der Waals surface area contributed by atoms with Crippen LogP contribution in [0.5, 0.6) is 0 Å². The van der Waals surface area contributed by atoms with Crippen molar-refractivity contribution in [2.24, 2.45) is 0 Å². The van der Waals surface area contributed by atoms with Crippen LogP contribution in [0, 0.1) is 6.92 Å². The number of aryl methyl sites for hydroxylation is 2. The summed E-state index contributed by atoms with van der Waals surface area (Å²) < 4.78 is 34.6. The van der Waals surface area contributed by atoms with Crippen LogP contribution >= 0.6 is 0 Å². The zero-order chi connectivity index (χ0) is 17.8. The molecule has 0 N–H and O–H groups in total. The summed E-state index contributed by atoms with van der Waals surface area (Å²) >= 11 is 0. The molecule has 1 saturated heterocycles. The Morgan fingerprint density at radius 3 is 2.48 bits per heavy atom. The molecule has 1 aliphatic carbocycles. The molecule has 0 unspecified atom stereocenters. The van der Waals surface area contributed by atoms with E-state index in [1.54, 1.807) is 16.4 Å². The Hall–Kier alpha value is -1.69. The molecule has 2 aromatic rings. The minimum atomic E-state index is -3.63. The quantitative estimate of drug-likeness (QED) is 0.821. The Labute approximate surface area is 149 Å². The Morgan fingerprint density at radius 1 is 1.08 bits per heavy atom. The van der Waals surface area contributed by atoms with E-state index in [1.807, 2.05) is 45.0 Å². The van der Waals surface area contributed by atoms with Crippen molar-refractivity contribution >= 4 is 10.0 Å². The van der Waals surface area contributed by atoms with Crippen molar-refractivity contribution in [1.29, 1.82) is 0 Å². The van der Waals surface area contributed by atoms with Gasteiger partial charge in [-0.15, -0.1) is 0 Å². The van der Waals surface area contributed by atoms with E-state index in [1.165, 1.54) is 5.56 Å². The predicted molar refractivity (Wildman–Crippen MR) is 96.7 cm³/mol. The first-order chi connectivity index (χ1) is 11.8. The molecule has 1 aliphatic heterocycles. The van der Waals surface area contributed by atoms with Gasteiger partial charge in [-0.3, -0.25) is 0 Å². The first kappa shape index (κ1) is 16.8. The van der Waals surface area contributed by atoms with Crippen molar-refractivity contribution < 1.29 is 13.2 Å². The molecule has 5 heteroatoms. The summed E-state index contributed by atoms with van der Waals surface area (Å²) in [4.78, 5) is 0.328. The van der Waals surface area contributed by atoms with Crippen molar-refractivity contribution in [3.63, 3.8) is 0 Å². The van der Waals surface area contributed by atoms with Gasteiger partial charge in [-0.25, -0.2) is 8.42 Å². The zero-order valence-electron chi connectivity index (χ0n) is 14.8. The van der Waals surface area contributed by atoms with Crippen molar-refractivity contribution in [2.45, 2.75) is 56.4 Å². The van der Waals surface area contributed by atoms with Crippen LogP contribution in [0.3, 0.4) is 0 Å². The predicted octanol–water partition coefficient (Wildman–Crippen LogP) is 3.81. The van der Waals surface area contributed by atoms with Crippen LogP contribution < -0.4 is 0 Å². The fourth-order valence-corrected chi connectivity index (χ4v) is 6.04. The lowest BCUT2D eigenvalue weighted by Crippen LogP contribution is -2.48. The number of fused-ring (bicyclic) bond motifs is 3. The highest BCUT2D eigenvalue weighted by Gasteiger charge is 2.55. The normalized spacial score (nSPS) is 25.4. The SMILES string of the molecule is Cc1ccc(S(=O)(=O)N2[C@@H]3CCc4ccccc4[C@@H]3OC2(C)C)cc1. The molecule has 132 valence electrons. The third-order valence-electron chi connectivity index (χ3n) is 5.25. The van der Waals surface area contributed by atoms with Gasteiger partial charge >= 0.3 is 0 Å². The molecule has 1 heterocycles. The van der Waals surface area contributed by atoms with Crippen molar-refractivity contribution in [3.8, 4) is 0 Å². The van der Waals surface area contributed by atoms with E-state index in [9.17, 15) is 8.42 Å². The average molecular weight is 357 g/mol. The topological polar surface area (TPSA) is 46.6 Å². The van der Waals surface area contributed by atoms with Crippen LogP contribution in [-0.4, -0.2) is 24.5 Å². The lowest BCUT2D eigenvalue weighted by atomic mass is 9.86. The summed E-state index contributed by atoms with van der Waals surface area (Å²) in [5, 5.41) is 0. The van der Waals surface area contributed by atoms with E-state index in [0.717, 1.165) is 24.0 Å². The Morgan fingerprint density at radius 2 is 1.76 bits per heavy atom. The maximum atomic E-state index is 13.4. The molecule has 25 heavy (non-hydrogen) atoms. The highest BCUT2D eigenvalue weighted by molar-refractivity contribution is 7.89. The number of nitrogens with zero attached hydrogens (tertiary/aromatic N) is 1. The maximum Gasteiger partial charge on any atom is 0.245 e. The molecule has 4 nitrogen and oxygen atoms in total. The van der Waals surface area contributed by atoms with E-state index in [2.05, 4.69) is 12.1 Å². The molecule has 0 aromatic heterocycles. The van der Waals surface area contributed by atoms with Gasteiger partial charge in [0.25, 0.3) is 0 Å². The maximum absolute atomic E-state index is 13.4. The smallest absolute Gasteiger partial charge is 0.245 e. The first-order valence-electron chi connectivity index (χ1n) is 8.67. The van der Waals surface area contributed by atoms with Crippen LogP contribution in [0.1, 0.15) is 43.1 Å². The molecule has 4 rings (SSSR count). The van der Waals surface area contributed by atoms with E-state index < -0.39 is 15.7 Å². The van der Waals surface area contributed by atoms with E-state index in [-0.39, 0.29) is 12.1 Å². The van der Waals surface area contributed by atoms with Crippen LogP contribution in [0.4, 0.5) is 0 Å². The number of rotatable bonds is 2. The fraction of sp³-hybridized carbons (Fsp3) is 0.400. The molecule has 1 fully saturated rings. The molecular formula is C20H23NO3S. The molecule has 0 radical (unpaired) electrons. The van der Waals surface area contributed by atoms with Gasteiger partial charge < -0.3 is 4.74 Å². The minimum Gasteiger partial charge on any atom is -0.350 e. The van der Waals surface area contributed by atoms with Gasteiger partial charge in [-0.2, -0.15) is 4.31 Å². The summed E-state index contributed by atoms with van der Waals surface area (Å²) in [7, 11) is -3.63. The molecule has 0 saturated carbocycles. The first-order valence-corrected chi connectivity index (χ1v) is 10.1. The van der Waals surface area contributed by atoms with Gasteiger partial charge in [-0.1, -0.05) is 42.0 Å². The van der Waals surface area contributed by atoms with Crippen molar-refractivity contribution in [1.82, 2.24) is 4.31 Å². The van der Waals surface area contributed by atoms with Crippen molar-refractivity contribution in [3.05, 3.63) is 65.2 Å². The van der Waals surface area contributed by atoms with Crippen LogP contribution in [0.15, 0.2) is 53.4 Å². The number of sulfonamides is 1. The molecular weight excluding hydrogens is 334 g/mol. The molecule has 2 aliphatic rings. The lowest BCUT2D eigenvalue weighted by molar-refractivity contribution is -0.0513. The highest BCUT2D eigenvalue weighted by atomic mass is 32.2. The molecule has 2 atom stereocenters. The summed E-state index contributed by atoms with van der Waals surface area (Å²) in [6.07, 6.45) is 1.44. The zero-order valence-corrected chi connectivity index (χ0v) is 15.6. The van der Waals surface area contributed by atoms with E-state index in [4.69, 9.17) is 4.74 Å². The van der Waals surface area contributed by atoms with Crippen molar-refractivity contribution in [2.75, 3.05) is 0 Å². The van der Waals surface area contributed by atoms with E-state index in [0.29, 0.717) is 4.90 Å². The number of benzene rings is 2. The highest BCUT2D eigenvalue weighted by Crippen LogP contribution is 2.48. The summed E-state index contributed by atoms with van der Waals surface area (Å²) in [5.74, 6) is 0.